The van der Waals surface area contributed by atoms with Crippen LogP contribution in [0.3, 0.4) is 0 Å². The lowest BCUT2D eigenvalue weighted by atomic mass is 9.70. The molecule has 5 heteroatoms. The number of hydrogen-bond acceptors (Lipinski definition) is 4. The summed E-state index contributed by atoms with van der Waals surface area (Å²) in [7, 11) is 0. The predicted octanol–water partition coefficient (Wildman–Crippen LogP) is 32.1. The van der Waals surface area contributed by atoms with Gasteiger partial charge in [0.15, 0.2) is 0 Å². The van der Waals surface area contributed by atoms with E-state index in [1.807, 2.05) is 23.5 Å². The number of hydrogen-bond donors (Lipinski definition) is 3. The van der Waals surface area contributed by atoms with Gasteiger partial charge in [0.05, 0.1) is 34.1 Å². The van der Waals surface area contributed by atoms with Crippen molar-refractivity contribution in [2.24, 2.45) is 0 Å². The molecule has 0 bridgehead atoms. The van der Waals surface area contributed by atoms with Gasteiger partial charge in [-0.3, -0.25) is 0 Å². The van der Waals surface area contributed by atoms with E-state index in [9.17, 15) is 0 Å². The molecule has 2 heterocycles. The topological polar surface area (TPSA) is 41.0 Å². The number of fused-ring (bicyclic) bond motifs is 36. The number of nitrogens with zero attached hydrogens (tertiary/aromatic N) is 1. The molecule has 28 rings (SSSR count). The number of rotatable bonds is 9. The number of thiophene rings is 1. The summed E-state index contributed by atoms with van der Waals surface area (Å²) in [6.45, 7) is 0. The molecule has 6 aliphatic rings. The summed E-state index contributed by atoms with van der Waals surface area (Å²) in [5, 5.41) is 16.5. The van der Waals surface area contributed by atoms with Crippen molar-refractivity contribution in [3.63, 3.8) is 0 Å². The maximum Gasteiger partial charge on any atom is 0.0726 e. The molecule has 128 heavy (non-hydrogen) atoms. The van der Waals surface area contributed by atoms with Gasteiger partial charge in [-0.2, -0.15) is 0 Å². The van der Waals surface area contributed by atoms with E-state index in [1.165, 1.54) is 192 Å². The Morgan fingerprint density at radius 3 is 1.02 bits per heavy atom. The summed E-state index contributed by atoms with van der Waals surface area (Å²) in [6, 6.07) is 157. The van der Waals surface area contributed by atoms with Crippen LogP contribution in [0.25, 0.3) is 137 Å². The molecule has 0 aliphatic heterocycles. The summed E-state index contributed by atoms with van der Waals surface area (Å²) >= 11 is 1.86. The highest BCUT2D eigenvalue weighted by Gasteiger charge is 2.55. The highest BCUT2D eigenvalue weighted by molar-refractivity contribution is 7.25. The van der Waals surface area contributed by atoms with Gasteiger partial charge >= 0.3 is 0 Å². The van der Waals surface area contributed by atoms with Crippen LogP contribution < -0.4 is 16.0 Å². The number of benzene rings is 20. The zero-order valence-corrected chi connectivity index (χ0v) is 70.2. The predicted molar refractivity (Wildman–Crippen MR) is 535 cm³/mol. The van der Waals surface area contributed by atoms with E-state index in [4.69, 9.17) is 6.85 Å². The first-order chi connectivity index (χ1) is 65.6. The van der Waals surface area contributed by atoms with Gasteiger partial charge in [0.2, 0.25) is 0 Å². The minimum absolute atomic E-state index is 0.201. The molecule has 22 aromatic rings. The van der Waals surface area contributed by atoms with Crippen molar-refractivity contribution >= 4 is 87.4 Å². The van der Waals surface area contributed by atoms with Crippen LogP contribution in [0.15, 0.2) is 467 Å². The minimum Gasteiger partial charge on any atom is -0.355 e. The normalized spacial score (nSPS) is 14.0. The van der Waals surface area contributed by atoms with E-state index < -0.39 is 5.41 Å². The van der Waals surface area contributed by atoms with E-state index >= 15 is 0 Å². The van der Waals surface area contributed by atoms with Gasteiger partial charge < -0.3 is 20.5 Å². The maximum atomic E-state index is 8.35. The van der Waals surface area contributed by atoms with E-state index in [2.05, 4.69) is 433 Å². The van der Waals surface area contributed by atoms with Crippen molar-refractivity contribution < 1.29 is 6.85 Å². The monoisotopic (exact) mass is 1650 g/mol. The molecular weight excluding hydrogens is 1570 g/mol. The van der Waals surface area contributed by atoms with Gasteiger partial charge in [0, 0.05) is 87.4 Å². The third-order valence-corrected chi connectivity index (χ3v) is 29.0. The molecule has 3 N–H and O–H groups in total. The molecule has 2 aromatic heterocycles. The zero-order chi connectivity index (χ0) is 88.5. The number of nitrogens with one attached hydrogen (secondary N) is 3. The largest absolute Gasteiger partial charge is 0.355 e. The average Bonchev–Trinajstić information content (AvgIpc) is 1.52. The fourth-order valence-corrected chi connectivity index (χ4v) is 24.0. The molecule has 0 unspecified atom stereocenters. The highest BCUT2D eigenvalue weighted by atomic mass is 32.1. The molecular formula is C123H80N4S. The molecule has 6 aliphatic carbocycles. The van der Waals surface area contributed by atoms with Crippen LogP contribution in [-0.2, 0) is 16.2 Å². The number of anilines is 6. The van der Waals surface area contributed by atoms with Crippen molar-refractivity contribution in [1.82, 2.24) is 4.57 Å². The van der Waals surface area contributed by atoms with E-state index in [0.29, 0.717) is 5.56 Å². The van der Waals surface area contributed by atoms with Gasteiger partial charge in [-0.05, 0) is 230 Å². The SMILES string of the molecule is [2H]c1c([2H])c([2H])c(-c2ccc(Nc3cccc4c3-c3ccccc3C43c4ccccc4-c4ccccc43)cc2)c([2H])c1[2H].c1ccc(-c2ccc3sc4cc(Nc5cccc6c5-c5ccccc5C65c6ccccc6-c6ccccc65)ccc4c3c2)cc1.c1ccc(-n2c3ccccc3c3cc(Nc4cccc5c4-c4ccccc4C54c5ccccc5-c5ccccc54)ccc32)cc1. The first kappa shape index (κ1) is 68.3. The summed E-state index contributed by atoms with van der Waals surface area (Å²) in [5.41, 5.74) is 43.4. The Bertz CT molecular complexity index is 8480. The Morgan fingerprint density at radius 2 is 0.555 bits per heavy atom. The first-order valence-corrected chi connectivity index (χ1v) is 44.8. The second kappa shape index (κ2) is 29.0. The summed E-state index contributed by atoms with van der Waals surface area (Å²) < 4.78 is 45.7. The van der Waals surface area contributed by atoms with Crippen molar-refractivity contribution in [3.8, 4) is 94.7 Å². The molecule has 598 valence electrons. The van der Waals surface area contributed by atoms with Crippen LogP contribution in [0.4, 0.5) is 34.1 Å². The highest BCUT2D eigenvalue weighted by Crippen LogP contribution is 2.68. The van der Waals surface area contributed by atoms with Crippen molar-refractivity contribution in [1.29, 1.82) is 0 Å². The van der Waals surface area contributed by atoms with Crippen LogP contribution in [0.1, 0.15) is 73.6 Å². The lowest BCUT2D eigenvalue weighted by Crippen LogP contribution is -2.25. The first-order valence-electron chi connectivity index (χ1n) is 46.4. The Labute approximate surface area is 754 Å². The van der Waals surface area contributed by atoms with Gasteiger partial charge in [-0.1, -0.05) is 376 Å². The molecule has 0 saturated heterocycles. The number of aromatic nitrogens is 1. The zero-order valence-electron chi connectivity index (χ0n) is 74.4. The van der Waals surface area contributed by atoms with Crippen LogP contribution >= 0.6 is 11.3 Å². The third-order valence-electron chi connectivity index (χ3n) is 27.8. The van der Waals surface area contributed by atoms with Crippen molar-refractivity contribution in [2.45, 2.75) is 16.2 Å². The molecule has 0 fully saturated rings. The molecule has 3 spiro atoms. The lowest BCUT2D eigenvalue weighted by molar-refractivity contribution is 0.794. The van der Waals surface area contributed by atoms with Crippen molar-refractivity contribution in [3.05, 3.63) is 534 Å². The van der Waals surface area contributed by atoms with Gasteiger partial charge in [-0.15, -0.1) is 11.3 Å². The van der Waals surface area contributed by atoms with E-state index in [0.717, 1.165) is 34.1 Å². The van der Waals surface area contributed by atoms with Crippen molar-refractivity contribution in [2.75, 3.05) is 16.0 Å². The Morgan fingerprint density at radius 1 is 0.211 bits per heavy atom. The fourth-order valence-electron chi connectivity index (χ4n) is 22.9. The number of para-hydroxylation sites is 2. The lowest BCUT2D eigenvalue weighted by Gasteiger charge is -2.30. The Balaban J connectivity index is 0.000000104. The third kappa shape index (κ3) is 10.7. The van der Waals surface area contributed by atoms with Crippen LogP contribution in [0, 0.1) is 0 Å². The van der Waals surface area contributed by atoms with Crippen LogP contribution in [0.2, 0.25) is 0 Å². The molecule has 0 atom stereocenters. The van der Waals surface area contributed by atoms with Gasteiger partial charge in [0.1, 0.15) is 0 Å². The minimum atomic E-state index is -0.415. The molecule has 0 radical (unpaired) electrons. The molecule has 20 aromatic carbocycles. The van der Waals surface area contributed by atoms with Gasteiger partial charge in [0.25, 0.3) is 0 Å². The fraction of sp³-hybridized carbons (Fsp3) is 0.0244. The smallest absolute Gasteiger partial charge is 0.0726 e. The Kier molecular flexibility index (Phi) is 15.4. The van der Waals surface area contributed by atoms with Crippen LogP contribution in [0.5, 0.6) is 0 Å². The standard InChI is InChI=1S/C43H28N2.C43H27NS.C37H25N/c1-2-13-29(14-3-1)45-40-24-11-7-17-32(40)34-27-28(25-26-41(34)45)44-39-23-12-22-38-42(39)33-18-6-10-21-37(33)43(38)35-19-8-4-15-30(35)31-16-5-9-20-36(31)43;1-2-11-27(12-3-1)28-21-24-40-34(25-28)32-23-22-29(26-41(32)45-40)44-39-20-10-19-38-42(39)33-15-6-9-18-37(33)43(38)35-16-7-4-13-30(35)31-14-5-8-17-36(31)43;1-2-11-25(12-3-1)26-21-23-27(24-22-26)38-35-20-10-19-34-36(35)30-15-6-9-18-33(30)37(34)31-16-7-4-13-28(31)29-14-5-8-17-32(29)37/h1-27,44H;1-26,44H;1-24,38H/i;;1D,2D,3D,11D,12D. The second-order valence-electron chi connectivity index (χ2n) is 34.1. The van der Waals surface area contributed by atoms with E-state index in [1.54, 1.807) is 12.1 Å². The van der Waals surface area contributed by atoms with Gasteiger partial charge in [-0.25, -0.2) is 0 Å². The van der Waals surface area contributed by atoms with Crippen LogP contribution in [-0.4, -0.2) is 4.57 Å². The molecule has 0 saturated carbocycles. The van der Waals surface area contributed by atoms with E-state index in [-0.39, 0.29) is 46.6 Å². The Hall–Kier alpha value is -16.2. The molecule has 4 nitrogen and oxygen atoms in total. The maximum absolute atomic E-state index is 8.35. The summed E-state index contributed by atoms with van der Waals surface area (Å²) in [4.78, 5) is 0. The average molecular weight is 1650 g/mol. The quantitative estimate of drug-likeness (QED) is 0.135. The molecule has 0 amide bonds. The summed E-state index contributed by atoms with van der Waals surface area (Å²) in [6.07, 6.45) is 0. The summed E-state index contributed by atoms with van der Waals surface area (Å²) in [5.74, 6) is 0. The second-order valence-corrected chi connectivity index (χ2v) is 35.2.